The zero-order chi connectivity index (χ0) is 62.6. The van der Waals surface area contributed by atoms with Gasteiger partial charge >= 0.3 is 5.97 Å². The van der Waals surface area contributed by atoms with E-state index < -0.39 is 155 Å². The van der Waals surface area contributed by atoms with Crippen LogP contribution in [0.25, 0.3) is 0 Å². The van der Waals surface area contributed by atoms with E-state index in [1.54, 1.807) is 0 Å². The topological polar surface area (TPSA) is 373 Å². The van der Waals surface area contributed by atoms with Crippen LogP contribution >= 0.6 is 0 Å². The summed E-state index contributed by atoms with van der Waals surface area (Å²) in [6, 6.07) is -2.56. The second kappa shape index (κ2) is 43.8. The number of hydrogen-bond acceptors (Lipinski definition) is 20. The van der Waals surface area contributed by atoms with Crippen LogP contribution in [-0.4, -0.2) is 215 Å². The van der Waals surface area contributed by atoms with Gasteiger partial charge in [0.15, 0.2) is 12.6 Å². The number of hydrogen-bond donors (Lipinski definition) is 14. The number of amides is 2. The number of unbranched alkanes of at least 4 members (excludes halogenated alkanes) is 23. The normalized spacial score (nSPS) is 29.7. The fourth-order valence-electron chi connectivity index (χ4n) is 11.2. The molecule has 0 aromatic carbocycles. The van der Waals surface area contributed by atoms with Crippen LogP contribution in [0.2, 0.25) is 0 Å². The van der Waals surface area contributed by atoms with Crippen LogP contribution in [0.3, 0.4) is 0 Å². The smallest absolute Gasteiger partial charge is 0.364 e. The van der Waals surface area contributed by atoms with E-state index in [1.807, 2.05) is 12.2 Å². The summed E-state index contributed by atoms with van der Waals surface area (Å²) in [6.07, 6.45) is 10.7. The molecule has 0 spiro atoms. The lowest BCUT2D eigenvalue weighted by molar-refractivity contribution is -0.386. The molecule has 23 nitrogen and oxygen atoms in total. The quantitative estimate of drug-likeness (QED) is 0.0301. The number of aliphatic carboxylic acids is 1. The molecule has 0 aliphatic carbocycles. The highest BCUT2D eigenvalue weighted by Gasteiger charge is 2.60. The molecule has 3 heterocycles. The largest absolute Gasteiger partial charge is 0.477 e. The number of carbonyl (C=O) groups is 3. The lowest BCUT2D eigenvalue weighted by Crippen LogP contribution is -2.70. The Hall–Kier alpha value is -2.79. The zero-order valence-corrected chi connectivity index (χ0v) is 51.2. The predicted molar refractivity (Wildman–Crippen MR) is 315 cm³/mol. The summed E-state index contributed by atoms with van der Waals surface area (Å²) in [6.45, 7) is 2.13. The first-order valence-corrected chi connectivity index (χ1v) is 32.2. The van der Waals surface area contributed by atoms with E-state index in [2.05, 4.69) is 36.6 Å². The number of carboxylic acid groups (broad SMARTS) is 1. The van der Waals surface area contributed by atoms with Gasteiger partial charge < -0.3 is 100 Å². The van der Waals surface area contributed by atoms with E-state index in [1.165, 1.54) is 116 Å². The van der Waals surface area contributed by atoms with Crippen molar-refractivity contribution < 1.29 is 104 Å². The van der Waals surface area contributed by atoms with Crippen LogP contribution < -0.4 is 10.6 Å². The highest BCUT2D eigenvalue weighted by molar-refractivity contribution is 5.77. The molecule has 23 heteroatoms. The second-order valence-electron chi connectivity index (χ2n) is 23.6. The van der Waals surface area contributed by atoms with Crippen molar-refractivity contribution in [1.82, 2.24) is 10.6 Å². The van der Waals surface area contributed by atoms with Gasteiger partial charge in [0.1, 0.15) is 67.1 Å². The van der Waals surface area contributed by atoms with Crippen LogP contribution in [0.1, 0.15) is 213 Å². The van der Waals surface area contributed by atoms with Gasteiger partial charge in [-0.25, -0.2) is 4.79 Å². The molecule has 85 heavy (non-hydrogen) atoms. The molecule has 496 valence electrons. The van der Waals surface area contributed by atoms with Crippen molar-refractivity contribution in [2.75, 3.05) is 26.4 Å². The van der Waals surface area contributed by atoms with Gasteiger partial charge in [-0.3, -0.25) is 9.59 Å². The van der Waals surface area contributed by atoms with Crippen LogP contribution in [0.4, 0.5) is 0 Å². The fourth-order valence-corrected chi connectivity index (χ4v) is 11.2. The van der Waals surface area contributed by atoms with Gasteiger partial charge in [-0.1, -0.05) is 186 Å². The van der Waals surface area contributed by atoms with E-state index >= 15 is 0 Å². The Bertz CT molecular complexity index is 1830. The molecule has 2 amide bonds. The number of aliphatic hydroxyl groups is 11. The van der Waals surface area contributed by atoms with Crippen molar-refractivity contribution in [1.29, 1.82) is 0 Å². The van der Waals surface area contributed by atoms with Crippen molar-refractivity contribution in [2.24, 2.45) is 0 Å². The van der Waals surface area contributed by atoms with E-state index in [0.717, 1.165) is 51.9 Å². The Morgan fingerprint density at radius 3 is 1.65 bits per heavy atom. The standard InChI is InChI=1S/C62H112N2O21/c1-4-6-8-10-12-14-16-18-19-20-21-22-24-25-27-29-31-33-35-44(69)43(64-49(72)36-34-32-30-28-26-23-17-15-13-11-9-7-5-2)41-80-59-54(76)53(75)56(48(40-67)82-59)83-60-55(77)58(52(74)47(39-66)81-60)85-62(61(78)79)37-45(70)50(63-42(3)68)57(84-62)51(73)46(71)38-65/h23,26,30,32,43-48,50-60,65-67,69-71,73-77H,4-22,24-25,27-29,31,33-41H2,1-3H3,(H,63,68)(H,64,72)(H,78,79)/b26-23-,32-30-. The zero-order valence-electron chi connectivity index (χ0n) is 51.2. The summed E-state index contributed by atoms with van der Waals surface area (Å²) in [5, 5.41) is 136. The Morgan fingerprint density at radius 1 is 0.612 bits per heavy atom. The third-order valence-electron chi connectivity index (χ3n) is 16.4. The van der Waals surface area contributed by atoms with Gasteiger partial charge in [-0.2, -0.15) is 0 Å². The summed E-state index contributed by atoms with van der Waals surface area (Å²) in [5.74, 6) is -6.18. The minimum atomic E-state index is -3.08. The van der Waals surface area contributed by atoms with Crippen LogP contribution in [0, 0.1) is 0 Å². The van der Waals surface area contributed by atoms with Crippen LogP contribution in [0.5, 0.6) is 0 Å². The molecule has 0 radical (unpaired) electrons. The number of aliphatic hydroxyl groups excluding tert-OH is 11. The average Bonchev–Trinajstić information content (AvgIpc) is 1.28. The minimum Gasteiger partial charge on any atom is -0.477 e. The maximum Gasteiger partial charge on any atom is 0.364 e. The number of rotatable bonds is 47. The lowest BCUT2D eigenvalue weighted by atomic mass is 9.88. The van der Waals surface area contributed by atoms with E-state index in [4.69, 9.17) is 28.4 Å². The first-order chi connectivity index (χ1) is 40.9. The van der Waals surface area contributed by atoms with Crippen molar-refractivity contribution in [3.05, 3.63) is 24.3 Å². The first-order valence-electron chi connectivity index (χ1n) is 32.2. The molecule has 3 aliphatic rings. The molecule has 14 N–H and O–H groups in total. The SMILES string of the molecule is CCCCCCCC/C=C\C/C=C\CCC(=O)NC(COC1OC(CO)C(OC2OC(CO)C(O)C(OC3(C(=O)O)CC(O)C(NC(C)=O)C(C(O)C(O)CO)O3)C2O)C(O)C1O)C(O)CCCCCCCCCCCCCCCCCCCC. The third kappa shape index (κ3) is 27.5. The maximum absolute atomic E-state index is 13.4. The highest BCUT2D eigenvalue weighted by atomic mass is 16.8. The third-order valence-corrected chi connectivity index (χ3v) is 16.4. The van der Waals surface area contributed by atoms with Gasteiger partial charge in [-0.15, -0.1) is 0 Å². The molecular formula is C62H112N2O21. The maximum atomic E-state index is 13.4. The number of carboxylic acids is 1. The number of ether oxygens (including phenoxy) is 6. The molecule has 0 bridgehead atoms. The molecule has 0 aromatic heterocycles. The Labute approximate surface area is 504 Å². The number of nitrogens with one attached hydrogen (secondary N) is 2. The molecule has 18 unspecified atom stereocenters. The monoisotopic (exact) mass is 1220 g/mol. The molecule has 3 aliphatic heterocycles. The Balaban J connectivity index is 1.64. The van der Waals surface area contributed by atoms with Gasteiger partial charge in [0, 0.05) is 19.8 Å². The molecule has 0 saturated carbocycles. The molecular weight excluding hydrogens is 1110 g/mol. The van der Waals surface area contributed by atoms with E-state index in [9.17, 15) is 75.7 Å². The van der Waals surface area contributed by atoms with Crippen LogP contribution in [-0.2, 0) is 42.8 Å². The van der Waals surface area contributed by atoms with Crippen LogP contribution in [0.15, 0.2) is 24.3 Å². The van der Waals surface area contributed by atoms with Crippen molar-refractivity contribution >= 4 is 17.8 Å². The van der Waals surface area contributed by atoms with Crippen molar-refractivity contribution in [3.63, 3.8) is 0 Å². The minimum absolute atomic E-state index is 0.117. The van der Waals surface area contributed by atoms with Gasteiger partial charge in [0.25, 0.3) is 5.79 Å². The molecule has 3 saturated heterocycles. The summed E-state index contributed by atoms with van der Waals surface area (Å²) in [5.41, 5.74) is 0. The van der Waals surface area contributed by atoms with Gasteiger partial charge in [-0.05, 0) is 32.1 Å². The molecule has 3 rings (SSSR count). The summed E-state index contributed by atoms with van der Waals surface area (Å²) in [7, 11) is 0. The average molecular weight is 1220 g/mol. The van der Waals surface area contributed by atoms with E-state index in [0.29, 0.717) is 19.3 Å². The Kier molecular flexibility index (Phi) is 39.4. The molecule has 18 atom stereocenters. The first kappa shape index (κ1) is 76.5. The van der Waals surface area contributed by atoms with E-state index in [-0.39, 0.29) is 12.3 Å². The highest BCUT2D eigenvalue weighted by Crippen LogP contribution is 2.38. The molecule has 3 fully saturated rings. The summed E-state index contributed by atoms with van der Waals surface area (Å²) in [4.78, 5) is 38.4. The summed E-state index contributed by atoms with van der Waals surface area (Å²) >= 11 is 0. The lowest BCUT2D eigenvalue weighted by Gasteiger charge is -2.50. The van der Waals surface area contributed by atoms with Crippen molar-refractivity contribution in [3.8, 4) is 0 Å². The molecule has 0 aromatic rings. The van der Waals surface area contributed by atoms with Gasteiger partial charge in [0.2, 0.25) is 11.8 Å². The fraction of sp³-hybridized carbons (Fsp3) is 0.887. The second-order valence-corrected chi connectivity index (χ2v) is 23.6. The van der Waals surface area contributed by atoms with Crippen molar-refractivity contribution in [2.45, 2.75) is 323 Å². The summed E-state index contributed by atoms with van der Waals surface area (Å²) < 4.78 is 34.7. The number of allylic oxidation sites excluding steroid dienone is 4. The Morgan fingerprint density at radius 2 is 1.13 bits per heavy atom. The van der Waals surface area contributed by atoms with Gasteiger partial charge in [0.05, 0.1) is 50.7 Å². The predicted octanol–water partition coefficient (Wildman–Crippen LogP) is 4.11. The number of carbonyl (C=O) groups excluding carboxylic acids is 2.